The molecule has 3 heteroatoms. The molecular formula is C18H24ClNO. The Morgan fingerprint density at radius 2 is 1.76 bits per heavy atom. The van der Waals surface area contributed by atoms with Gasteiger partial charge in [0, 0.05) is 22.3 Å². The molecule has 0 aromatic heterocycles. The third kappa shape index (κ3) is 4.36. The highest BCUT2D eigenvalue weighted by atomic mass is 35.5. The van der Waals surface area contributed by atoms with Crippen molar-refractivity contribution in [1.29, 1.82) is 0 Å². The fraction of sp³-hybridized carbons (Fsp3) is 0.444. The summed E-state index contributed by atoms with van der Waals surface area (Å²) in [6, 6.07) is 12.0. The molecule has 0 aliphatic carbocycles. The van der Waals surface area contributed by atoms with Crippen LogP contribution in [-0.2, 0) is 0 Å². The molecule has 21 heavy (non-hydrogen) atoms. The van der Waals surface area contributed by atoms with Crippen LogP contribution in [0.25, 0.3) is 10.8 Å². The first-order valence-electron chi connectivity index (χ1n) is 7.66. The van der Waals surface area contributed by atoms with Gasteiger partial charge in [-0.15, -0.1) is 0 Å². The molecule has 2 rings (SSSR count). The number of hydrogen-bond acceptors (Lipinski definition) is 2. The summed E-state index contributed by atoms with van der Waals surface area (Å²) in [5, 5.41) is 6.35. The van der Waals surface area contributed by atoms with E-state index in [0.29, 0.717) is 5.92 Å². The van der Waals surface area contributed by atoms with Gasteiger partial charge in [-0.25, -0.2) is 0 Å². The first kappa shape index (κ1) is 16.1. The molecule has 0 aliphatic heterocycles. The van der Waals surface area contributed by atoms with E-state index in [-0.39, 0.29) is 6.10 Å². The van der Waals surface area contributed by atoms with Gasteiger partial charge in [0.15, 0.2) is 0 Å². The van der Waals surface area contributed by atoms with Gasteiger partial charge >= 0.3 is 0 Å². The van der Waals surface area contributed by atoms with Crippen LogP contribution in [0.1, 0.15) is 27.2 Å². The minimum atomic E-state index is 0.174. The number of benzene rings is 2. The van der Waals surface area contributed by atoms with Gasteiger partial charge in [0.2, 0.25) is 0 Å². The minimum Gasteiger partial charge on any atom is -0.488 e. The Kier molecular flexibility index (Phi) is 5.89. The Morgan fingerprint density at radius 3 is 2.43 bits per heavy atom. The summed E-state index contributed by atoms with van der Waals surface area (Å²) in [5.74, 6) is 1.56. The number of halogens is 1. The summed E-state index contributed by atoms with van der Waals surface area (Å²) in [6.45, 7) is 8.45. The molecule has 0 heterocycles. The Bertz CT molecular complexity index is 582. The summed E-state index contributed by atoms with van der Waals surface area (Å²) < 4.78 is 6.19. The van der Waals surface area contributed by atoms with Gasteiger partial charge in [-0.3, -0.25) is 0 Å². The van der Waals surface area contributed by atoms with Crippen molar-refractivity contribution in [3.05, 3.63) is 41.4 Å². The van der Waals surface area contributed by atoms with Crippen LogP contribution in [0.15, 0.2) is 36.4 Å². The lowest BCUT2D eigenvalue weighted by molar-refractivity contribution is 0.194. The summed E-state index contributed by atoms with van der Waals surface area (Å²) in [4.78, 5) is 0. The van der Waals surface area contributed by atoms with Crippen LogP contribution in [0.2, 0.25) is 5.02 Å². The van der Waals surface area contributed by atoms with E-state index in [9.17, 15) is 0 Å². The lowest BCUT2D eigenvalue weighted by Gasteiger charge is -2.20. The van der Waals surface area contributed by atoms with Gasteiger partial charge < -0.3 is 10.1 Å². The van der Waals surface area contributed by atoms with E-state index in [2.05, 4.69) is 32.2 Å². The van der Waals surface area contributed by atoms with Gasteiger partial charge in [-0.2, -0.15) is 0 Å². The summed E-state index contributed by atoms with van der Waals surface area (Å²) in [5.41, 5.74) is 0. The van der Waals surface area contributed by atoms with Crippen molar-refractivity contribution in [2.75, 3.05) is 13.1 Å². The second kappa shape index (κ2) is 7.67. The molecule has 2 aromatic rings. The number of hydrogen-bond donors (Lipinski definition) is 1. The molecular weight excluding hydrogens is 282 g/mol. The maximum Gasteiger partial charge on any atom is 0.127 e. The van der Waals surface area contributed by atoms with Gasteiger partial charge in [0.05, 0.1) is 0 Å². The molecule has 0 saturated heterocycles. The molecule has 0 aliphatic rings. The average Bonchev–Trinajstić information content (AvgIpc) is 2.48. The van der Waals surface area contributed by atoms with Gasteiger partial charge in [-0.05, 0) is 31.0 Å². The molecule has 0 radical (unpaired) electrons. The SMILES string of the molecule is CCC(CNCC(C)C)Oc1ccc(Cl)c2ccccc12. The van der Waals surface area contributed by atoms with E-state index in [0.717, 1.165) is 41.1 Å². The van der Waals surface area contributed by atoms with Crippen LogP contribution >= 0.6 is 11.6 Å². The van der Waals surface area contributed by atoms with Gasteiger partial charge in [0.25, 0.3) is 0 Å². The Hall–Kier alpha value is -1.25. The zero-order valence-corrected chi connectivity index (χ0v) is 13.8. The van der Waals surface area contributed by atoms with Gasteiger partial charge in [-0.1, -0.05) is 56.6 Å². The minimum absolute atomic E-state index is 0.174. The summed E-state index contributed by atoms with van der Waals surface area (Å²) >= 11 is 6.25. The molecule has 2 nitrogen and oxygen atoms in total. The van der Waals surface area contributed by atoms with Crippen molar-refractivity contribution in [1.82, 2.24) is 5.32 Å². The van der Waals surface area contributed by atoms with Crippen molar-refractivity contribution in [2.45, 2.75) is 33.3 Å². The Morgan fingerprint density at radius 1 is 1.05 bits per heavy atom. The molecule has 0 amide bonds. The van der Waals surface area contributed by atoms with Crippen LogP contribution in [0.5, 0.6) is 5.75 Å². The third-order valence-corrected chi connectivity index (χ3v) is 3.83. The second-order valence-electron chi connectivity index (χ2n) is 5.79. The normalized spacial score (nSPS) is 12.8. The molecule has 1 N–H and O–H groups in total. The monoisotopic (exact) mass is 305 g/mol. The Balaban J connectivity index is 2.12. The predicted molar refractivity (Wildman–Crippen MR) is 91.4 cm³/mol. The lowest BCUT2D eigenvalue weighted by atomic mass is 10.1. The maximum absolute atomic E-state index is 6.25. The van der Waals surface area contributed by atoms with E-state index < -0.39 is 0 Å². The molecule has 0 bridgehead atoms. The highest BCUT2D eigenvalue weighted by Gasteiger charge is 2.11. The lowest BCUT2D eigenvalue weighted by Crippen LogP contribution is -2.33. The van der Waals surface area contributed by atoms with Crippen molar-refractivity contribution in [3.63, 3.8) is 0 Å². The largest absolute Gasteiger partial charge is 0.488 e. The van der Waals surface area contributed by atoms with Crippen LogP contribution in [0.4, 0.5) is 0 Å². The number of rotatable bonds is 7. The third-order valence-electron chi connectivity index (χ3n) is 3.50. The van der Waals surface area contributed by atoms with E-state index in [1.54, 1.807) is 0 Å². The first-order chi connectivity index (χ1) is 10.1. The average molecular weight is 306 g/mol. The fourth-order valence-electron chi connectivity index (χ4n) is 2.32. The van der Waals surface area contributed by atoms with E-state index in [1.165, 1.54) is 0 Å². The van der Waals surface area contributed by atoms with Crippen LogP contribution in [0.3, 0.4) is 0 Å². The maximum atomic E-state index is 6.25. The summed E-state index contributed by atoms with van der Waals surface area (Å²) in [6.07, 6.45) is 1.15. The Labute approximate surface area is 132 Å². The summed E-state index contributed by atoms with van der Waals surface area (Å²) in [7, 11) is 0. The highest BCUT2D eigenvalue weighted by Crippen LogP contribution is 2.31. The smallest absolute Gasteiger partial charge is 0.127 e. The number of nitrogens with one attached hydrogen (secondary N) is 1. The number of ether oxygens (including phenoxy) is 1. The van der Waals surface area contributed by atoms with E-state index >= 15 is 0 Å². The fourth-order valence-corrected chi connectivity index (χ4v) is 2.55. The van der Waals surface area contributed by atoms with Crippen molar-refractivity contribution in [2.24, 2.45) is 5.92 Å². The number of fused-ring (bicyclic) bond motifs is 1. The molecule has 2 aromatic carbocycles. The van der Waals surface area contributed by atoms with E-state index in [1.807, 2.05) is 30.3 Å². The zero-order valence-electron chi connectivity index (χ0n) is 13.0. The molecule has 0 saturated carbocycles. The molecule has 1 unspecified atom stereocenters. The van der Waals surface area contributed by atoms with E-state index in [4.69, 9.17) is 16.3 Å². The molecule has 1 atom stereocenters. The van der Waals surface area contributed by atoms with Crippen LogP contribution in [-0.4, -0.2) is 19.2 Å². The quantitative estimate of drug-likeness (QED) is 0.786. The highest BCUT2D eigenvalue weighted by molar-refractivity contribution is 6.35. The first-order valence-corrected chi connectivity index (χ1v) is 8.04. The second-order valence-corrected chi connectivity index (χ2v) is 6.20. The predicted octanol–water partition coefficient (Wildman–Crippen LogP) is 4.90. The zero-order chi connectivity index (χ0) is 15.2. The topological polar surface area (TPSA) is 21.3 Å². The standard InChI is InChI=1S/C18H24ClNO/c1-4-14(12-20-11-13(2)3)21-18-10-9-17(19)15-7-5-6-8-16(15)18/h5-10,13-14,20H,4,11-12H2,1-3H3. The van der Waals surface area contributed by atoms with Crippen LogP contribution < -0.4 is 10.1 Å². The van der Waals surface area contributed by atoms with Crippen molar-refractivity contribution >= 4 is 22.4 Å². The molecule has 0 spiro atoms. The van der Waals surface area contributed by atoms with Gasteiger partial charge in [0.1, 0.15) is 11.9 Å². The van der Waals surface area contributed by atoms with Crippen molar-refractivity contribution < 1.29 is 4.74 Å². The molecule has 0 fully saturated rings. The molecule has 114 valence electrons. The van der Waals surface area contributed by atoms with Crippen molar-refractivity contribution in [3.8, 4) is 5.75 Å². The van der Waals surface area contributed by atoms with Crippen LogP contribution in [0, 0.1) is 5.92 Å².